The lowest BCUT2D eigenvalue weighted by atomic mass is 10.2. The first kappa shape index (κ1) is 17.4. The van der Waals surface area contributed by atoms with Gasteiger partial charge in [-0.25, -0.2) is 9.07 Å². The maximum atomic E-state index is 13.7. The highest BCUT2D eigenvalue weighted by atomic mass is 19.1. The molecule has 0 aliphatic heterocycles. The molecule has 1 aliphatic carbocycles. The summed E-state index contributed by atoms with van der Waals surface area (Å²) in [7, 11) is 0. The summed E-state index contributed by atoms with van der Waals surface area (Å²) >= 11 is 0. The second-order valence-electron chi connectivity index (χ2n) is 6.88. The molecule has 0 unspecified atom stereocenters. The molecule has 0 amide bonds. The average molecular weight is 369 g/mol. The van der Waals surface area contributed by atoms with Gasteiger partial charge >= 0.3 is 11.1 Å². The number of rotatable bonds is 5. The van der Waals surface area contributed by atoms with Crippen LogP contribution in [0.15, 0.2) is 52.4 Å². The van der Waals surface area contributed by atoms with Crippen LogP contribution in [-0.2, 0) is 13.1 Å². The highest BCUT2D eigenvalue weighted by Crippen LogP contribution is 2.27. The zero-order valence-corrected chi connectivity index (χ0v) is 14.8. The molecule has 0 spiro atoms. The molecular weight excluding hydrogens is 349 g/mol. The van der Waals surface area contributed by atoms with Gasteiger partial charge in [-0.3, -0.25) is 9.59 Å². The molecule has 0 radical (unpaired) electrons. The predicted octanol–water partition coefficient (Wildman–Crippen LogP) is 1.95. The first-order valence-electron chi connectivity index (χ1n) is 9.06. The molecule has 4 rings (SSSR count). The van der Waals surface area contributed by atoms with Crippen LogP contribution in [0.1, 0.15) is 43.0 Å². The molecule has 0 bridgehead atoms. The van der Waals surface area contributed by atoms with Gasteiger partial charge < -0.3 is 9.13 Å². The van der Waals surface area contributed by atoms with Crippen molar-refractivity contribution in [3.63, 3.8) is 0 Å². The summed E-state index contributed by atoms with van der Waals surface area (Å²) in [6.45, 7) is 0.398. The summed E-state index contributed by atoms with van der Waals surface area (Å²) in [5, 5.41) is 8.01. The van der Waals surface area contributed by atoms with Crippen LogP contribution in [-0.4, -0.2) is 24.1 Å². The number of halogens is 1. The Balaban J connectivity index is 1.52. The normalized spacial score (nSPS) is 14.7. The van der Waals surface area contributed by atoms with Crippen LogP contribution in [0.3, 0.4) is 0 Å². The minimum Gasteiger partial charge on any atom is -0.306 e. The van der Waals surface area contributed by atoms with Crippen molar-refractivity contribution in [3.8, 4) is 0 Å². The third-order valence-electron chi connectivity index (χ3n) is 5.01. The van der Waals surface area contributed by atoms with E-state index in [-0.39, 0.29) is 24.9 Å². The summed E-state index contributed by atoms with van der Waals surface area (Å²) in [6.07, 6.45) is 9.01. The monoisotopic (exact) mass is 369 g/mol. The van der Waals surface area contributed by atoms with Crippen LogP contribution >= 0.6 is 0 Å². The molecule has 3 aromatic rings. The van der Waals surface area contributed by atoms with Crippen molar-refractivity contribution in [1.82, 2.24) is 24.1 Å². The van der Waals surface area contributed by atoms with E-state index >= 15 is 0 Å². The molecule has 1 saturated carbocycles. The van der Waals surface area contributed by atoms with Gasteiger partial charge in [-0.1, -0.05) is 36.3 Å². The van der Waals surface area contributed by atoms with E-state index in [9.17, 15) is 14.0 Å². The second-order valence-corrected chi connectivity index (χ2v) is 6.88. The van der Waals surface area contributed by atoms with Crippen LogP contribution in [0.25, 0.3) is 0 Å². The molecular formula is C19H20FN5O2. The minimum atomic E-state index is -0.562. The van der Waals surface area contributed by atoms with E-state index in [1.807, 2.05) is 0 Å². The number of benzene rings is 1. The lowest BCUT2D eigenvalue weighted by molar-refractivity contribution is 0.487. The third-order valence-corrected chi connectivity index (χ3v) is 5.01. The molecule has 140 valence electrons. The van der Waals surface area contributed by atoms with Crippen molar-refractivity contribution in [2.75, 3.05) is 0 Å². The Morgan fingerprint density at radius 3 is 2.59 bits per heavy atom. The number of hydrogen-bond acceptors (Lipinski definition) is 4. The molecule has 2 heterocycles. The Morgan fingerprint density at radius 1 is 1.04 bits per heavy atom. The van der Waals surface area contributed by atoms with Crippen molar-refractivity contribution < 1.29 is 4.39 Å². The average Bonchev–Trinajstić information content (AvgIpc) is 3.33. The molecule has 0 atom stereocenters. The van der Waals surface area contributed by atoms with Gasteiger partial charge in [0.25, 0.3) is 0 Å². The van der Waals surface area contributed by atoms with E-state index in [4.69, 9.17) is 0 Å². The van der Waals surface area contributed by atoms with Gasteiger partial charge in [0, 0.05) is 24.0 Å². The Labute approximate surface area is 154 Å². The van der Waals surface area contributed by atoms with Crippen LogP contribution in [0.5, 0.6) is 0 Å². The molecule has 27 heavy (non-hydrogen) atoms. The van der Waals surface area contributed by atoms with Crippen LogP contribution in [0.2, 0.25) is 0 Å². The van der Waals surface area contributed by atoms with Crippen molar-refractivity contribution in [2.24, 2.45) is 0 Å². The maximum Gasteiger partial charge on any atom is 0.316 e. The van der Waals surface area contributed by atoms with Crippen molar-refractivity contribution in [1.29, 1.82) is 0 Å². The molecule has 8 heteroatoms. The zero-order chi connectivity index (χ0) is 18.8. The van der Waals surface area contributed by atoms with Gasteiger partial charge in [0.2, 0.25) is 0 Å². The first-order chi connectivity index (χ1) is 13.1. The topological polar surface area (TPSA) is 74.7 Å². The summed E-state index contributed by atoms with van der Waals surface area (Å²) in [4.78, 5) is 24.8. The fourth-order valence-electron chi connectivity index (χ4n) is 3.58. The van der Waals surface area contributed by atoms with Gasteiger partial charge in [-0.15, -0.1) is 5.10 Å². The van der Waals surface area contributed by atoms with Gasteiger partial charge in [0.1, 0.15) is 11.5 Å². The van der Waals surface area contributed by atoms with Gasteiger partial charge in [-0.2, -0.15) is 0 Å². The zero-order valence-electron chi connectivity index (χ0n) is 14.8. The Morgan fingerprint density at radius 2 is 1.81 bits per heavy atom. The third kappa shape index (κ3) is 3.60. The first-order valence-corrected chi connectivity index (χ1v) is 9.06. The highest BCUT2D eigenvalue weighted by molar-refractivity contribution is 5.17. The summed E-state index contributed by atoms with van der Waals surface area (Å²) in [6, 6.07) is 6.60. The van der Waals surface area contributed by atoms with E-state index in [2.05, 4.69) is 10.3 Å². The Hall–Kier alpha value is -3.03. The summed E-state index contributed by atoms with van der Waals surface area (Å²) in [5.41, 5.74) is -0.0204. The molecule has 1 fully saturated rings. The number of aromatic nitrogens is 5. The van der Waals surface area contributed by atoms with Crippen LogP contribution < -0.4 is 11.1 Å². The van der Waals surface area contributed by atoms with Crippen molar-refractivity contribution >= 4 is 0 Å². The SMILES string of the molecule is O=c1c(=O)n(C2CCCC2)ccn1Cc1cn(Cc2ccccc2F)nn1. The largest absolute Gasteiger partial charge is 0.316 e. The molecule has 0 N–H and O–H groups in total. The standard InChI is InChI=1S/C19H20FN5O2/c20-17-8-4-1-5-14(17)11-24-13-15(21-22-24)12-23-9-10-25(19(27)18(23)26)16-6-2-3-7-16/h1,4-5,8-10,13,16H,2-3,6-7,11-12H2. The fraction of sp³-hybridized carbons (Fsp3) is 0.368. The fourth-order valence-corrected chi connectivity index (χ4v) is 3.58. The molecule has 0 saturated heterocycles. The predicted molar refractivity (Wildman–Crippen MR) is 97.1 cm³/mol. The smallest absolute Gasteiger partial charge is 0.306 e. The lowest BCUT2D eigenvalue weighted by Gasteiger charge is -2.13. The van der Waals surface area contributed by atoms with E-state index in [0.717, 1.165) is 25.7 Å². The molecule has 1 aliphatic rings. The molecule has 7 nitrogen and oxygen atoms in total. The van der Waals surface area contributed by atoms with Crippen LogP contribution in [0.4, 0.5) is 4.39 Å². The van der Waals surface area contributed by atoms with E-state index in [1.165, 1.54) is 15.3 Å². The highest BCUT2D eigenvalue weighted by Gasteiger charge is 2.19. The van der Waals surface area contributed by atoms with Crippen molar-refractivity contribution in [3.05, 3.63) is 80.6 Å². The van der Waals surface area contributed by atoms with Gasteiger partial charge in [0.05, 0.1) is 19.3 Å². The van der Waals surface area contributed by atoms with E-state index in [1.54, 1.807) is 41.4 Å². The quantitative estimate of drug-likeness (QED) is 0.645. The molecule has 1 aromatic carbocycles. The number of nitrogens with zero attached hydrogens (tertiary/aromatic N) is 5. The minimum absolute atomic E-state index is 0.126. The molecule has 2 aromatic heterocycles. The number of hydrogen-bond donors (Lipinski definition) is 0. The van der Waals surface area contributed by atoms with Gasteiger partial charge in [0.15, 0.2) is 0 Å². The van der Waals surface area contributed by atoms with E-state index in [0.29, 0.717) is 11.3 Å². The Kier molecular flexibility index (Phi) is 4.70. The van der Waals surface area contributed by atoms with E-state index < -0.39 is 11.1 Å². The summed E-state index contributed by atoms with van der Waals surface area (Å²) in [5.74, 6) is -0.304. The maximum absolute atomic E-state index is 13.7. The van der Waals surface area contributed by atoms with Crippen LogP contribution in [0, 0.1) is 5.82 Å². The summed E-state index contributed by atoms with van der Waals surface area (Å²) < 4.78 is 18.2. The second kappa shape index (κ2) is 7.30. The Bertz CT molecular complexity index is 1060. The van der Waals surface area contributed by atoms with Crippen molar-refractivity contribution in [2.45, 2.75) is 44.8 Å². The van der Waals surface area contributed by atoms with Gasteiger partial charge in [-0.05, 0) is 18.9 Å². The lowest BCUT2D eigenvalue weighted by Crippen LogP contribution is -2.41.